The molecule has 0 atom stereocenters. The molecule has 0 amide bonds. The molecule has 152 valence electrons. The van der Waals surface area contributed by atoms with Crippen LogP contribution < -0.4 is 16.1 Å². The summed E-state index contributed by atoms with van der Waals surface area (Å²) in [4.78, 5) is 47.0. The fourth-order valence-electron chi connectivity index (χ4n) is 4.29. The summed E-state index contributed by atoms with van der Waals surface area (Å²) in [5.74, 6) is 0. The molecule has 1 aliphatic heterocycles. The first-order chi connectivity index (χ1) is 14.5. The molecule has 4 aromatic rings. The highest BCUT2D eigenvalue weighted by Gasteiger charge is 2.28. The molecule has 3 heterocycles. The van der Waals surface area contributed by atoms with Crippen molar-refractivity contribution in [3.8, 4) is 0 Å². The van der Waals surface area contributed by atoms with Crippen LogP contribution in [0.5, 0.6) is 0 Å². The Morgan fingerprint density at radius 3 is 2.67 bits per heavy atom. The van der Waals surface area contributed by atoms with Gasteiger partial charge >= 0.3 is 5.69 Å². The molecule has 1 aliphatic rings. The minimum atomic E-state index is -0.475. The van der Waals surface area contributed by atoms with E-state index in [-0.39, 0.29) is 22.8 Å². The van der Waals surface area contributed by atoms with Gasteiger partial charge in [-0.25, -0.2) is 9.78 Å². The second-order valence-corrected chi connectivity index (χ2v) is 7.38. The van der Waals surface area contributed by atoms with E-state index in [0.29, 0.717) is 37.1 Å². The number of imidazole rings is 1. The molecule has 2 N–H and O–H groups in total. The van der Waals surface area contributed by atoms with E-state index >= 15 is 0 Å². The summed E-state index contributed by atoms with van der Waals surface area (Å²) in [7, 11) is 0. The van der Waals surface area contributed by atoms with E-state index in [0.717, 1.165) is 11.0 Å². The van der Waals surface area contributed by atoms with Crippen molar-refractivity contribution in [2.24, 2.45) is 0 Å². The normalized spacial score (nSPS) is 15.1. The molecule has 0 saturated carbocycles. The Morgan fingerprint density at radius 2 is 1.90 bits per heavy atom. The molecule has 0 radical (unpaired) electrons. The van der Waals surface area contributed by atoms with Gasteiger partial charge in [0.1, 0.15) is 5.69 Å². The number of nitro benzene ring substituents is 1. The second-order valence-electron chi connectivity index (χ2n) is 7.38. The number of benzene rings is 2. The van der Waals surface area contributed by atoms with Crippen LogP contribution in [0.1, 0.15) is 18.9 Å². The van der Waals surface area contributed by atoms with E-state index < -0.39 is 10.5 Å². The Kier molecular flexibility index (Phi) is 4.12. The SMILES string of the molecule is O=c1[nH]cnc2cc(N3CCC(n4c(=O)[nH]c5ccccc54)CC3)c([N+](=O)[O-])cc12. The summed E-state index contributed by atoms with van der Waals surface area (Å²) < 4.78 is 1.78. The fraction of sp³-hybridized carbons (Fsp3) is 0.250. The van der Waals surface area contributed by atoms with Crippen LogP contribution >= 0.6 is 0 Å². The van der Waals surface area contributed by atoms with Crippen molar-refractivity contribution >= 4 is 33.3 Å². The van der Waals surface area contributed by atoms with Gasteiger partial charge in [0, 0.05) is 25.2 Å². The zero-order valence-corrected chi connectivity index (χ0v) is 15.9. The first-order valence-electron chi connectivity index (χ1n) is 9.63. The quantitative estimate of drug-likeness (QED) is 0.397. The Bertz CT molecular complexity index is 1390. The molecule has 10 nitrogen and oxygen atoms in total. The number of nitrogens with one attached hydrogen (secondary N) is 2. The number of nitrogens with zero attached hydrogens (tertiary/aromatic N) is 4. The molecule has 0 unspecified atom stereocenters. The Balaban J connectivity index is 1.48. The van der Waals surface area contributed by atoms with Gasteiger partial charge in [-0.1, -0.05) is 12.1 Å². The number of piperidine rings is 1. The van der Waals surface area contributed by atoms with Crippen molar-refractivity contribution in [1.29, 1.82) is 0 Å². The van der Waals surface area contributed by atoms with Gasteiger partial charge in [-0.3, -0.25) is 19.5 Å². The minimum Gasteiger partial charge on any atom is -0.366 e. The third kappa shape index (κ3) is 2.84. The minimum absolute atomic E-state index is 0.00498. The Hall–Kier alpha value is -3.95. The number of aromatic amines is 2. The average Bonchev–Trinajstić information content (AvgIpc) is 3.09. The standard InChI is InChI=1S/C20H18N6O4/c27-19-13-9-18(26(29)30)17(10-15(13)21-11-22-19)24-7-5-12(6-8-24)25-16-4-2-1-3-14(16)23-20(25)28/h1-4,9-12H,5-8H2,(H,23,28)(H,21,22,27). The Labute approximate surface area is 168 Å². The number of nitro groups is 1. The summed E-state index contributed by atoms with van der Waals surface area (Å²) in [5, 5.41) is 11.8. The molecule has 0 bridgehead atoms. The van der Waals surface area contributed by atoms with E-state index in [4.69, 9.17) is 0 Å². The summed E-state index contributed by atoms with van der Waals surface area (Å²) in [5.41, 5.74) is 1.84. The van der Waals surface area contributed by atoms with Crippen LogP contribution in [0.25, 0.3) is 21.9 Å². The van der Waals surface area contributed by atoms with Crippen LogP contribution in [0, 0.1) is 10.1 Å². The molecule has 0 aliphatic carbocycles. The number of hydrogen-bond acceptors (Lipinski definition) is 6. The highest BCUT2D eigenvalue weighted by molar-refractivity contribution is 5.87. The first-order valence-corrected chi connectivity index (χ1v) is 9.63. The van der Waals surface area contributed by atoms with Crippen molar-refractivity contribution in [3.63, 3.8) is 0 Å². The lowest BCUT2D eigenvalue weighted by Gasteiger charge is -2.33. The second kappa shape index (κ2) is 6.83. The molecule has 2 aromatic heterocycles. The van der Waals surface area contributed by atoms with Crippen LogP contribution in [-0.2, 0) is 0 Å². The molecule has 10 heteroatoms. The molecule has 2 aromatic carbocycles. The van der Waals surface area contributed by atoms with Crippen molar-refractivity contribution in [2.75, 3.05) is 18.0 Å². The van der Waals surface area contributed by atoms with Gasteiger partial charge in [0.25, 0.3) is 11.2 Å². The van der Waals surface area contributed by atoms with Crippen molar-refractivity contribution in [3.05, 3.63) is 73.7 Å². The highest BCUT2D eigenvalue weighted by atomic mass is 16.6. The van der Waals surface area contributed by atoms with Crippen LogP contribution in [0.3, 0.4) is 0 Å². The van der Waals surface area contributed by atoms with Crippen LogP contribution in [0.15, 0.2) is 52.3 Å². The van der Waals surface area contributed by atoms with Crippen LogP contribution in [-0.4, -0.2) is 37.5 Å². The van der Waals surface area contributed by atoms with E-state index in [1.165, 1.54) is 12.4 Å². The predicted octanol–water partition coefficient (Wildman–Crippen LogP) is 2.32. The number of anilines is 1. The van der Waals surface area contributed by atoms with Crippen molar-refractivity contribution in [2.45, 2.75) is 18.9 Å². The molecular weight excluding hydrogens is 388 g/mol. The fourth-order valence-corrected chi connectivity index (χ4v) is 4.29. The summed E-state index contributed by atoms with van der Waals surface area (Å²) >= 11 is 0. The number of rotatable bonds is 3. The lowest BCUT2D eigenvalue weighted by molar-refractivity contribution is -0.384. The molecule has 5 rings (SSSR count). The van der Waals surface area contributed by atoms with E-state index in [9.17, 15) is 19.7 Å². The summed E-state index contributed by atoms with van der Waals surface area (Å²) in [6, 6.07) is 10.4. The van der Waals surface area contributed by atoms with Gasteiger partial charge in [-0.15, -0.1) is 0 Å². The smallest absolute Gasteiger partial charge is 0.326 e. The van der Waals surface area contributed by atoms with E-state index in [1.807, 2.05) is 29.2 Å². The van der Waals surface area contributed by atoms with Crippen molar-refractivity contribution < 1.29 is 4.92 Å². The lowest BCUT2D eigenvalue weighted by atomic mass is 10.0. The van der Waals surface area contributed by atoms with Gasteiger partial charge in [-0.2, -0.15) is 0 Å². The van der Waals surface area contributed by atoms with Gasteiger partial charge in [-0.05, 0) is 31.0 Å². The van der Waals surface area contributed by atoms with Gasteiger partial charge in [0.2, 0.25) is 0 Å². The monoisotopic (exact) mass is 406 g/mol. The number of para-hydroxylation sites is 2. The average molecular weight is 406 g/mol. The largest absolute Gasteiger partial charge is 0.366 e. The van der Waals surface area contributed by atoms with Gasteiger partial charge < -0.3 is 14.9 Å². The summed E-state index contributed by atoms with van der Waals surface area (Å²) in [6.07, 6.45) is 2.62. The topological polar surface area (TPSA) is 130 Å². The maximum atomic E-state index is 12.5. The molecular formula is C20H18N6O4. The molecule has 1 fully saturated rings. The lowest BCUT2D eigenvalue weighted by Crippen LogP contribution is -2.37. The maximum absolute atomic E-state index is 12.5. The number of aromatic nitrogens is 4. The zero-order chi connectivity index (χ0) is 20.8. The highest BCUT2D eigenvalue weighted by Crippen LogP contribution is 2.35. The molecule has 30 heavy (non-hydrogen) atoms. The molecule has 1 saturated heterocycles. The first kappa shape index (κ1) is 18.1. The summed E-state index contributed by atoms with van der Waals surface area (Å²) in [6.45, 7) is 1.10. The Morgan fingerprint density at radius 1 is 1.13 bits per heavy atom. The van der Waals surface area contributed by atoms with Gasteiger partial charge in [0.15, 0.2) is 0 Å². The maximum Gasteiger partial charge on any atom is 0.326 e. The van der Waals surface area contributed by atoms with Crippen molar-refractivity contribution in [1.82, 2.24) is 19.5 Å². The zero-order valence-electron chi connectivity index (χ0n) is 15.9. The van der Waals surface area contributed by atoms with E-state index in [1.54, 1.807) is 10.6 Å². The van der Waals surface area contributed by atoms with Crippen LogP contribution in [0.2, 0.25) is 0 Å². The number of hydrogen-bond donors (Lipinski definition) is 2. The third-order valence-corrected chi connectivity index (χ3v) is 5.73. The van der Waals surface area contributed by atoms with Gasteiger partial charge in [0.05, 0.1) is 33.2 Å². The van der Waals surface area contributed by atoms with Crippen LogP contribution in [0.4, 0.5) is 11.4 Å². The third-order valence-electron chi connectivity index (χ3n) is 5.73. The number of H-pyrrole nitrogens is 2. The number of fused-ring (bicyclic) bond motifs is 2. The van der Waals surface area contributed by atoms with E-state index in [2.05, 4.69) is 15.0 Å². The molecule has 0 spiro atoms. The predicted molar refractivity (Wildman–Crippen MR) is 112 cm³/mol.